The fourth-order valence-corrected chi connectivity index (χ4v) is 3.50. The largest absolute Gasteiger partial charge is 0.497 e. The molecule has 0 fully saturated rings. The second kappa shape index (κ2) is 6.73. The van der Waals surface area contributed by atoms with Gasteiger partial charge in [0.2, 0.25) is 0 Å². The highest BCUT2D eigenvalue weighted by Crippen LogP contribution is 2.32. The topological polar surface area (TPSA) is 58.2 Å². The van der Waals surface area contributed by atoms with Crippen molar-refractivity contribution < 1.29 is 4.74 Å². The van der Waals surface area contributed by atoms with E-state index in [0.29, 0.717) is 21.6 Å². The van der Waals surface area contributed by atoms with Crippen LogP contribution in [0.5, 0.6) is 5.75 Å². The number of rotatable bonds is 3. The van der Waals surface area contributed by atoms with Crippen molar-refractivity contribution in [2.24, 2.45) is 14.1 Å². The first-order valence-corrected chi connectivity index (χ1v) is 9.01. The van der Waals surface area contributed by atoms with Crippen LogP contribution in [0, 0.1) is 0 Å². The molecule has 0 unspecified atom stereocenters. The van der Waals surface area contributed by atoms with Gasteiger partial charge >= 0.3 is 5.69 Å². The summed E-state index contributed by atoms with van der Waals surface area (Å²) in [5.74, 6) is 0.720. The Labute approximate surface area is 165 Å². The number of hydrogen-bond donors (Lipinski definition) is 0. The van der Waals surface area contributed by atoms with Gasteiger partial charge in [-0.25, -0.2) is 4.79 Å². The Morgan fingerprint density at radius 3 is 2.14 bits per heavy atom. The molecule has 2 aromatic heterocycles. The summed E-state index contributed by atoms with van der Waals surface area (Å²) in [5, 5.41) is 1.10. The molecule has 0 aliphatic rings. The first kappa shape index (κ1) is 18.1. The molecule has 0 atom stereocenters. The highest BCUT2D eigenvalue weighted by Gasteiger charge is 2.20. The molecule has 0 saturated carbocycles. The molecule has 0 bridgehead atoms. The van der Waals surface area contributed by atoms with E-state index in [-0.39, 0.29) is 11.2 Å². The molecule has 4 aromatic rings. The van der Waals surface area contributed by atoms with E-state index in [1.54, 1.807) is 32.5 Å². The lowest BCUT2D eigenvalue weighted by Gasteiger charge is -2.11. The first-order chi connectivity index (χ1) is 13.4. The molecule has 2 heterocycles. The fraction of sp³-hybridized carbons (Fsp3) is 0.143. The van der Waals surface area contributed by atoms with Gasteiger partial charge in [-0.3, -0.25) is 13.9 Å². The van der Waals surface area contributed by atoms with E-state index < -0.39 is 0 Å². The third-order valence-corrected chi connectivity index (χ3v) is 5.16. The van der Waals surface area contributed by atoms with Crippen LogP contribution in [-0.4, -0.2) is 20.8 Å². The zero-order valence-electron chi connectivity index (χ0n) is 15.6. The van der Waals surface area contributed by atoms with E-state index in [1.165, 1.54) is 11.6 Å². The second-order valence-corrected chi connectivity index (χ2v) is 6.96. The van der Waals surface area contributed by atoms with Crippen LogP contribution in [0.25, 0.3) is 27.8 Å². The molecule has 0 radical (unpaired) electrons. The number of hydrogen-bond acceptors (Lipinski definition) is 3. The molecule has 7 heteroatoms. The summed E-state index contributed by atoms with van der Waals surface area (Å²) < 4.78 is 9.76. The molecule has 0 N–H and O–H groups in total. The number of methoxy groups -OCH3 is 1. The molecule has 2 aromatic carbocycles. The molecule has 0 aliphatic carbocycles. The van der Waals surface area contributed by atoms with Crippen molar-refractivity contribution in [1.82, 2.24) is 13.7 Å². The number of ether oxygens (including phenoxy) is 1. The summed E-state index contributed by atoms with van der Waals surface area (Å²) in [6.45, 7) is 0. The van der Waals surface area contributed by atoms with E-state index in [9.17, 15) is 9.59 Å². The van der Waals surface area contributed by atoms with Crippen LogP contribution in [0.15, 0.2) is 64.3 Å². The van der Waals surface area contributed by atoms with Crippen molar-refractivity contribution in [1.29, 1.82) is 0 Å². The van der Waals surface area contributed by atoms with Crippen LogP contribution in [0.2, 0.25) is 5.02 Å². The monoisotopic (exact) mass is 395 g/mol. The van der Waals surface area contributed by atoms with Gasteiger partial charge in [0.15, 0.2) is 0 Å². The van der Waals surface area contributed by atoms with Gasteiger partial charge in [0, 0.05) is 31.0 Å². The number of aryl methyl sites for hydroxylation is 1. The predicted molar refractivity (Wildman–Crippen MR) is 111 cm³/mol. The summed E-state index contributed by atoms with van der Waals surface area (Å²) in [4.78, 5) is 25.4. The Bertz CT molecular complexity index is 1300. The van der Waals surface area contributed by atoms with Crippen LogP contribution < -0.4 is 16.0 Å². The number of nitrogens with zero attached hydrogens (tertiary/aromatic N) is 3. The number of aromatic nitrogens is 3. The maximum absolute atomic E-state index is 13.0. The summed E-state index contributed by atoms with van der Waals surface area (Å²) in [6, 6.07) is 14.8. The van der Waals surface area contributed by atoms with Crippen LogP contribution in [0.4, 0.5) is 0 Å². The van der Waals surface area contributed by atoms with Gasteiger partial charge in [0.25, 0.3) is 5.56 Å². The third-order valence-electron chi connectivity index (χ3n) is 4.91. The van der Waals surface area contributed by atoms with E-state index in [0.717, 1.165) is 21.6 Å². The Balaban J connectivity index is 2.14. The first-order valence-electron chi connectivity index (χ1n) is 8.64. The quantitative estimate of drug-likeness (QED) is 0.534. The zero-order chi connectivity index (χ0) is 20.0. The minimum absolute atomic E-state index is 0.336. The standard InChI is InChI=1S/C21H18ClN3O3/c1-23-17-12-25(15-8-6-14(22)7-9-15)19(13-4-10-16(28-3)11-5-13)18(17)20(26)24(2)21(23)27/h4-12H,1-3H3. The maximum atomic E-state index is 13.0. The lowest BCUT2D eigenvalue weighted by Crippen LogP contribution is -2.36. The predicted octanol–water partition coefficient (Wildman–Crippen LogP) is 3.36. The van der Waals surface area contributed by atoms with E-state index in [2.05, 4.69) is 0 Å². The molecule has 0 saturated heterocycles. The highest BCUT2D eigenvalue weighted by molar-refractivity contribution is 6.30. The van der Waals surface area contributed by atoms with Gasteiger partial charge < -0.3 is 9.30 Å². The molecule has 142 valence electrons. The molecule has 4 rings (SSSR count). The van der Waals surface area contributed by atoms with Crippen molar-refractivity contribution in [2.75, 3.05) is 7.11 Å². The third kappa shape index (κ3) is 2.73. The summed E-state index contributed by atoms with van der Waals surface area (Å²) >= 11 is 6.04. The van der Waals surface area contributed by atoms with Gasteiger partial charge in [-0.05, 0) is 54.1 Å². The molecule has 6 nitrogen and oxygen atoms in total. The Hall–Kier alpha value is -3.25. The Morgan fingerprint density at radius 2 is 1.54 bits per heavy atom. The molecular formula is C21H18ClN3O3. The maximum Gasteiger partial charge on any atom is 0.330 e. The second-order valence-electron chi connectivity index (χ2n) is 6.52. The molecule has 0 aliphatic heterocycles. The Morgan fingerprint density at radius 1 is 0.893 bits per heavy atom. The molecule has 28 heavy (non-hydrogen) atoms. The van der Waals surface area contributed by atoms with Gasteiger partial charge in [-0.1, -0.05) is 11.6 Å². The van der Waals surface area contributed by atoms with Crippen LogP contribution in [0.1, 0.15) is 0 Å². The van der Waals surface area contributed by atoms with Gasteiger partial charge in [0.1, 0.15) is 5.75 Å². The molecule has 0 spiro atoms. The number of fused-ring (bicyclic) bond motifs is 1. The number of halogens is 1. The molecular weight excluding hydrogens is 378 g/mol. The minimum atomic E-state index is -0.368. The van der Waals surface area contributed by atoms with Crippen molar-refractivity contribution in [3.8, 4) is 22.7 Å². The van der Waals surface area contributed by atoms with Crippen molar-refractivity contribution >= 4 is 22.5 Å². The van der Waals surface area contributed by atoms with Crippen molar-refractivity contribution in [3.05, 3.63) is 80.6 Å². The van der Waals surface area contributed by atoms with Crippen molar-refractivity contribution in [3.63, 3.8) is 0 Å². The smallest absolute Gasteiger partial charge is 0.330 e. The normalized spacial score (nSPS) is 11.1. The summed E-state index contributed by atoms with van der Waals surface area (Å²) in [5.41, 5.74) is 2.23. The summed E-state index contributed by atoms with van der Waals surface area (Å²) in [6.07, 6.45) is 1.81. The molecule has 0 amide bonds. The van der Waals surface area contributed by atoms with Crippen LogP contribution in [0.3, 0.4) is 0 Å². The van der Waals surface area contributed by atoms with Gasteiger partial charge in [-0.2, -0.15) is 0 Å². The highest BCUT2D eigenvalue weighted by atomic mass is 35.5. The fourth-order valence-electron chi connectivity index (χ4n) is 3.38. The van der Waals surface area contributed by atoms with E-state index >= 15 is 0 Å². The minimum Gasteiger partial charge on any atom is -0.497 e. The zero-order valence-corrected chi connectivity index (χ0v) is 16.4. The number of benzene rings is 2. The van der Waals surface area contributed by atoms with E-state index in [1.807, 2.05) is 41.0 Å². The lowest BCUT2D eigenvalue weighted by molar-refractivity contribution is 0.415. The summed E-state index contributed by atoms with van der Waals surface area (Å²) in [7, 11) is 4.75. The average Bonchev–Trinajstić information content (AvgIpc) is 3.12. The van der Waals surface area contributed by atoms with Crippen molar-refractivity contribution in [2.45, 2.75) is 0 Å². The van der Waals surface area contributed by atoms with Gasteiger partial charge in [-0.15, -0.1) is 0 Å². The SMILES string of the molecule is COc1ccc(-c2c3c(=O)n(C)c(=O)n(C)c3cn2-c2ccc(Cl)cc2)cc1. The van der Waals surface area contributed by atoms with Crippen LogP contribution >= 0.6 is 11.6 Å². The Kier molecular flexibility index (Phi) is 4.35. The average molecular weight is 396 g/mol. The van der Waals surface area contributed by atoms with Gasteiger partial charge in [0.05, 0.1) is 23.7 Å². The van der Waals surface area contributed by atoms with Crippen LogP contribution in [-0.2, 0) is 14.1 Å². The van der Waals surface area contributed by atoms with E-state index in [4.69, 9.17) is 16.3 Å². The lowest BCUT2D eigenvalue weighted by atomic mass is 10.1.